The molecule has 4 heterocycles. The van der Waals surface area contributed by atoms with Crippen molar-refractivity contribution in [3.05, 3.63) is 53.1 Å². The highest BCUT2D eigenvalue weighted by Crippen LogP contribution is 2.45. The van der Waals surface area contributed by atoms with E-state index in [1.807, 2.05) is 19.1 Å². The third kappa shape index (κ3) is 5.61. The first-order valence-electron chi connectivity index (χ1n) is 13.6. The lowest BCUT2D eigenvalue weighted by Gasteiger charge is -2.34. The molecule has 0 bridgehead atoms. The van der Waals surface area contributed by atoms with Gasteiger partial charge < -0.3 is 14.5 Å². The molecule has 3 aromatic heterocycles. The zero-order valence-electron chi connectivity index (χ0n) is 23.1. The van der Waals surface area contributed by atoms with Crippen molar-refractivity contribution in [3.63, 3.8) is 0 Å². The highest BCUT2D eigenvalue weighted by Gasteiger charge is 2.31. The van der Waals surface area contributed by atoms with E-state index in [2.05, 4.69) is 46.8 Å². The number of hydrogen-bond donors (Lipinski definition) is 2. The molecule has 1 saturated heterocycles. The number of H-pyrrole nitrogens is 1. The van der Waals surface area contributed by atoms with E-state index in [0.29, 0.717) is 28.8 Å². The molecule has 14 heteroatoms. The Labute approximate surface area is 243 Å². The molecule has 216 valence electrons. The molecule has 2 fully saturated rings. The fourth-order valence-corrected chi connectivity index (χ4v) is 6.20. The molecule has 1 aromatic carbocycles. The maximum atomic E-state index is 13.2. The molecule has 0 unspecified atom stereocenters. The first-order valence-corrected chi connectivity index (χ1v) is 15.5. The first kappa shape index (κ1) is 27.5. The molecule has 12 nitrogen and oxygen atoms in total. The average molecular weight is 598 g/mol. The molecule has 4 aromatic rings. The monoisotopic (exact) mass is 597 g/mol. The van der Waals surface area contributed by atoms with E-state index >= 15 is 0 Å². The Morgan fingerprint density at radius 3 is 2.59 bits per heavy atom. The predicted molar refractivity (Wildman–Crippen MR) is 156 cm³/mol. The van der Waals surface area contributed by atoms with Crippen molar-refractivity contribution in [2.24, 2.45) is 7.05 Å². The smallest absolute Gasteiger partial charge is 0.267 e. The summed E-state index contributed by atoms with van der Waals surface area (Å²) in [6.07, 6.45) is 7.04. The molecule has 41 heavy (non-hydrogen) atoms. The van der Waals surface area contributed by atoms with Gasteiger partial charge in [0.05, 0.1) is 23.8 Å². The lowest BCUT2D eigenvalue weighted by molar-refractivity contribution is 0.313. The number of aryl methyl sites for hydroxylation is 1. The number of anilines is 2. The fourth-order valence-electron chi connectivity index (χ4n) is 4.99. The van der Waals surface area contributed by atoms with Gasteiger partial charge >= 0.3 is 0 Å². The molecule has 2 N–H and O–H groups in total. The zero-order chi connectivity index (χ0) is 28.7. The standard InChI is InChI=1S/C27H32ClN9O3S/c1-4-19-25(20-15-29-33-24(20)17-8-9-17)31-27(34-41(38,39)18-14-30-36(3)16-18)32-26(19)40-22-7-5-6-21(23(22)28)37-12-10-35(2)11-13-37/h5-7,14-17H,4,8-13H2,1-3H3,(H,29,33)(H,31,32,34). The zero-order valence-corrected chi connectivity index (χ0v) is 24.7. The summed E-state index contributed by atoms with van der Waals surface area (Å²) in [5, 5.41) is 11.8. The number of ether oxygens (including phenoxy) is 1. The van der Waals surface area contributed by atoms with E-state index < -0.39 is 10.0 Å². The van der Waals surface area contributed by atoms with Gasteiger partial charge in [-0.3, -0.25) is 9.78 Å². The van der Waals surface area contributed by atoms with E-state index in [4.69, 9.17) is 16.3 Å². The number of halogens is 1. The maximum absolute atomic E-state index is 13.2. The van der Waals surface area contributed by atoms with Gasteiger partial charge in [-0.25, -0.2) is 18.1 Å². The van der Waals surface area contributed by atoms with Crippen LogP contribution in [-0.4, -0.2) is 76.5 Å². The van der Waals surface area contributed by atoms with E-state index in [9.17, 15) is 8.42 Å². The Morgan fingerprint density at radius 1 is 1.12 bits per heavy atom. The number of piperazine rings is 1. The predicted octanol–water partition coefficient (Wildman–Crippen LogP) is 4.04. The van der Waals surface area contributed by atoms with Crippen LogP contribution in [0, 0.1) is 0 Å². The largest absolute Gasteiger partial charge is 0.437 e. The van der Waals surface area contributed by atoms with Gasteiger partial charge in [-0.2, -0.15) is 15.2 Å². The number of rotatable bonds is 9. The Kier molecular flexibility index (Phi) is 7.34. The SMILES string of the molecule is CCc1c(Oc2cccc(N3CCN(C)CC3)c2Cl)nc(NS(=O)(=O)c2cnn(C)c2)nc1-c1cn[nH]c1C1CC1. The summed E-state index contributed by atoms with van der Waals surface area (Å²) < 4.78 is 36.7. The van der Waals surface area contributed by atoms with Crippen LogP contribution in [0.3, 0.4) is 0 Å². The number of likely N-dealkylation sites (N-methyl/N-ethyl adjacent to an activating group) is 1. The quantitative estimate of drug-likeness (QED) is 0.293. The average Bonchev–Trinajstić information content (AvgIpc) is 3.49. The molecule has 1 saturated carbocycles. The van der Waals surface area contributed by atoms with Crippen LogP contribution in [0.25, 0.3) is 11.3 Å². The van der Waals surface area contributed by atoms with Crippen LogP contribution >= 0.6 is 11.6 Å². The number of aromatic amines is 1. The number of nitrogens with zero attached hydrogens (tertiary/aromatic N) is 7. The fraction of sp³-hybridized carbons (Fsp3) is 0.407. The Morgan fingerprint density at radius 2 is 1.90 bits per heavy atom. The molecular formula is C27H32ClN9O3S. The topological polar surface area (TPSA) is 134 Å². The molecule has 0 amide bonds. The Hall–Kier alpha value is -3.68. The maximum Gasteiger partial charge on any atom is 0.267 e. The van der Waals surface area contributed by atoms with Gasteiger partial charge in [0, 0.05) is 62.2 Å². The molecule has 1 aliphatic heterocycles. The summed E-state index contributed by atoms with van der Waals surface area (Å²) in [5.74, 6) is 0.895. The van der Waals surface area contributed by atoms with E-state index in [1.54, 1.807) is 19.3 Å². The summed E-state index contributed by atoms with van der Waals surface area (Å²) in [6.45, 7) is 5.55. The van der Waals surface area contributed by atoms with Gasteiger partial charge in [0.1, 0.15) is 15.7 Å². The van der Waals surface area contributed by atoms with Crippen LogP contribution in [0.4, 0.5) is 11.6 Å². The molecule has 6 rings (SSSR count). The van der Waals surface area contributed by atoms with Crippen LogP contribution in [0.5, 0.6) is 11.6 Å². The number of benzene rings is 1. The van der Waals surface area contributed by atoms with E-state index in [1.165, 1.54) is 17.1 Å². The molecule has 0 radical (unpaired) electrons. The minimum atomic E-state index is -4.01. The van der Waals surface area contributed by atoms with Crippen molar-refractivity contribution in [2.45, 2.75) is 37.0 Å². The normalized spacial score (nSPS) is 16.2. The highest BCUT2D eigenvalue weighted by molar-refractivity contribution is 7.92. The van der Waals surface area contributed by atoms with E-state index in [0.717, 1.165) is 61.5 Å². The summed E-state index contributed by atoms with van der Waals surface area (Å²) in [4.78, 5) is 13.7. The first-order chi connectivity index (χ1) is 19.7. The third-order valence-corrected chi connectivity index (χ3v) is 9.11. The molecule has 0 spiro atoms. The molecule has 0 atom stereocenters. The number of hydrogen-bond acceptors (Lipinski definition) is 9. The van der Waals surface area contributed by atoms with Gasteiger partial charge in [0.2, 0.25) is 11.8 Å². The van der Waals surface area contributed by atoms with Crippen molar-refractivity contribution >= 4 is 33.3 Å². The minimum absolute atomic E-state index is 0.00270. The van der Waals surface area contributed by atoms with Gasteiger partial charge in [-0.05, 0) is 38.4 Å². The van der Waals surface area contributed by atoms with Gasteiger partial charge in [-0.1, -0.05) is 24.6 Å². The summed E-state index contributed by atoms with van der Waals surface area (Å²) in [7, 11) is -0.259. The summed E-state index contributed by atoms with van der Waals surface area (Å²) in [6, 6.07) is 5.67. The van der Waals surface area contributed by atoms with Crippen molar-refractivity contribution in [2.75, 3.05) is 42.8 Å². The van der Waals surface area contributed by atoms with Gasteiger partial charge in [0.25, 0.3) is 10.0 Å². The van der Waals surface area contributed by atoms with Gasteiger partial charge in [0.15, 0.2) is 0 Å². The lowest BCUT2D eigenvalue weighted by Crippen LogP contribution is -2.44. The summed E-state index contributed by atoms with van der Waals surface area (Å²) >= 11 is 6.91. The second-order valence-corrected chi connectivity index (χ2v) is 12.5. The van der Waals surface area contributed by atoms with Crippen LogP contribution in [0.15, 0.2) is 41.7 Å². The van der Waals surface area contributed by atoms with Crippen LogP contribution in [-0.2, 0) is 23.5 Å². The number of nitrogens with one attached hydrogen (secondary N) is 2. The molecule has 1 aliphatic carbocycles. The van der Waals surface area contributed by atoms with Crippen LogP contribution in [0.2, 0.25) is 5.02 Å². The van der Waals surface area contributed by atoms with Crippen molar-refractivity contribution in [3.8, 4) is 22.9 Å². The second kappa shape index (κ2) is 11.0. The minimum Gasteiger partial charge on any atom is -0.437 e. The second-order valence-electron chi connectivity index (χ2n) is 10.4. The van der Waals surface area contributed by atoms with Crippen LogP contribution < -0.4 is 14.4 Å². The van der Waals surface area contributed by atoms with Crippen molar-refractivity contribution < 1.29 is 13.2 Å². The summed E-state index contributed by atoms with van der Waals surface area (Å²) in [5.41, 5.74) is 3.94. The van der Waals surface area contributed by atoms with Gasteiger partial charge in [-0.15, -0.1) is 0 Å². The van der Waals surface area contributed by atoms with Crippen LogP contribution in [0.1, 0.15) is 36.9 Å². The highest BCUT2D eigenvalue weighted by atomic mass is 35.5. The van der Waals surface area contributed by atoms with Crippen molar-refractivity contribution in [1.29, 1.82) is 0 Å². The van der Waals surface area contributed by atoms with E-state index in [-0.39, 0.29) is 16.7 Å². The number of sulfonamides is 1. The molecular weight excluding hydrogens is 566 g/mol. The molecule has 2 aliphatic rings. The third-order valence-electron chi connectivity index (χ3n) is 7.44. The van der Waals surface area contributed by atoms with Crippen molar-refractivity contribution in [1.82, 2.24) is 34.8 Å². The Balaban J connectivity index is 1.42. The lowest BCUT2D eigenvalue weighted by atomic mass is 10.0. The number of aromatic nitrogens is 6. The Bertz CT molecular complexity index is 1670.